The summed E-state index contributed by atoms with van der Waals surface area (Å²) in [6.45, 7) is 11.1. The van der Waals surface area contributed by atoms with Gasteiger partial charge in [-0.2, -0.15) is 0 Å². The van der Waals surface area contributed by atoms with Crippen molar-refractivity contribution in [3.05, 3.63) is 35.4 Å². The number of hydrogen-bond donors (Lipinski definition) is 5. The summed E-state index contributed by atoms with van der Waals surface area (Å²) in [4.78, 5) is 29.1. The molecule has 1 aromatic carbocycles. The molecule has 9 heteroatoms. The summed E-state index contributed by atoms with van der Waals surface area (Å²) in [7, 11) is 0. The Hall–Kier alpha value is -2.30. The highest BCUT2D eigenvalue weighted by atomic mass is 16.6. The van der Waals surface area contributed by atoms with Gasteiger partial charge in [0.15, 0.2) is 5.78 Å². The SMILES string of the molecule is CC(C)[C@@H](C)[C@H]1O[C@H]1[C@](C)(O)[C@@H]1CC[C@]2(O)C3=CC(=O)[C@H]4C[C@@H](O)[C@@H](O)C[C@]4(C)[C@@H]3CC[C@]12CCc1cc(O)cc(N2CC3(CCCC3)CC2=O)c1. The van der Waals surface area contributed by atoms with Crippen molar-refractivity contribution >= 4 is 17.4 Å². The maximum absolute atomic E-state index is 13.9. The number of phenols is 1. The quantitative estimate of drug-likeness (QED) is 0.218. The molecule has 4 saturated carbocycles. The predicted octanol–water partition coefficient (Wildman–Crippen LogP) is 5.62. The van der Waals surface area contributed by atoms with Crippen LogP contribution in [0.15, 0.2) is 29.8 Å². The van der Waals surface area contributed by atoms with Gasteiger partial charge >= 0.3 is 0 Å². The summed E-state index contributed by atoms with van der Waals surface area (Å²) < 4.78 is 6.29. The first kappa shape index (κ1) is 36.7. The lowest BCUT2D eigenvalue weighted by atomic mass is 9.44. The lowest BCUT2D eigenvalue weighted by molar-refractivity contribution is -0.168. The first-order valence-electron chi connectivity index (χ1n) is 20.3. The van der Waals surface area contributed by atoms with Gasteiger partial charge in [-0.25, -0.2) is 0 Å². The van der Waals surface area contributed by atoms with E-state index < -0.39 is 40.2 Å². The Bertz CT molecular complexity index is 1650. The molecule has 0 bridgehead atoms. The second-order valence-electron chi connectivity index (χ2n) is 19.4. The maximum Gasteiger partial charge on any atom is 0.227 e. The van der Waals surface area contributed by atoms with Crippen molar-refractivity contribution in [1.29, 1.82) is 0 Å². The first-order chi connectivity index (χ1) is 24.4. The minimum atomic E-state index is -1.37. The van der Waals surface area contributed by atoms with Gasteiger partial charge in [-0.05, 0) is 135 Å². The van der Waals surface area contributed by atoms with E-state index >= 15 is 0 Å². The Balaban J connectivity index is 1.15. The molecule has 1 spiro atoms. The molecule has 0 unspecified atom stereocenters. The van der Waals surface area contributed by atoms with Crippen LogP contribution in [0.25, 0.3) is 0 Å². The molecule has 0 radical (unpaired) electrons. The number of phenolic OH excluding ortho intramolecular Hbond substituents is 1. The molecule has 0 aromatic heterocycles. The zero-order valence-electron chi connectivity index (χ0n) is 31.8. The Labute approximate surface area is 308 Å². The smallest absolute Gasteiger partial charge is 0.227 e. The van der Waals surface area contributed by atoms with Crippen molar-refractivity contribution in [3.8, 4) is 5.75 Å². The standard InChI is InChI=1S/C43H61NO8/c1-24(2)25(3)37-38(52-37)40(5,50)35-10-15-43(51)30-19-32(46)31-20-33(47)34(48)21-39(31,4)29(30)9-14-42(35,43)13-8-26-16-27(18-28(45)17-26)44-23-41(22-36(44)49)11-6-7-12-41/h16-19,24-25,29,31,33-35,37-38,45,47-48,50-51H,6-15,20-23H2,1-5H3/t25-,29-,31-,33-,34+,35+,37-,38-,39-,40-,42-,43+/m1/s1. The molecule has 52 heavy (non-hydrogen) atoms. The lowest BCUT2D eigenvalue weighted by Gasteiger charge is -2.61. The average Bonchev–Trinajstić information content (AvgIpc) is 3.51. The van der Waals surface area contributed by atoms with Crippen LogP contribution >= 0.6 is 0 Å². The summed E-state index contributed by atoms with van der Waals surface area (Å²) in [6, 6.07) is 5.46. The number of benzene rings is 1. The van der Waals surface area contributed by atoms with E-state index in [-0.39, 0.29) is 59.2 Å². The van der Waals surface area contributed by atoms with Crippen LogP contribution < -0.4 is 4.90 Å². The fourth-order valence-electron chi connectivity index (χ4n) is 13.1. The minimum Gasteiger partial charge on any atom is -0.508 e. The molecule has 286 valence electrons. The van der Waals surface area contributed by atoms with Crippen molar-refractivity contribution in [2.24, 2.45) is 45.8 Å². The van der Waals surface area contributed by atoms with Crippen LogP contribution in [0, 0.1) is 45.8 Å². The number of epoxide rings is 1. The number of ketones is 1. The Morgan fingerprint density at radius 3 is 2.44 bits per heavy atom. The number of carbonyl (C=O) groups excluding carboxylic acids is 2. The van der Waals surface area contributed by atoms with E-state index in [4.69, 9.17) is 4.74 Å². The number of fused-ring (bicyclic) bond motifs is 5. The molecule has 2 saturated heterocycles. The fourth-order valence-corrected chi connectivity index (χ4v) is 13.1. The van der Waals surface area contributed by atoms with Gasteiger partial charge in [0.25, 0.3) is 0 Å². The summed E-state index contributed by atoms with van der Waals surface area (Å²) in [6.07, 6.45) is 8.17. The highest BCUT2D eigenvalue weighted by Crippen LogP contribution is 2.71. The van der Waals surface area contributed by atoms with Crippen molar-refractivity contribution in [3.63, 3.8) is 0 Å². The Kier molecular flexibility index (Phi) is 8.71. The minimum absolute atomic E-state index is 0.0303. The molecule has 6 fully saturated rings. The molecule has 1 amide bonds. The zero-order chi connectivity index (χ0) is 37.2. The van der Waals surface area contributed by atoms with Crippen molar-refractivity contribution in [2.45, 2.75) is 154 Å². The van der Waals surface area contributed by atoms with Gasteiger partial charge in [-0.15, -0.1) is 0 Å². The Morgan fingerprint density at radius 1 is 1.00 bits per heavy atom. The first-order valence-corrected chi connectivity index (χ1v) is 20.3. The second-order valence-corrected chi connectivity index (χ2v) is 19.4. The summed E-state index contributed by atoms with van der Waals surface area (Å²) in [5, 5.41) is 58.4. The summed E-state index contributed by atoms with van der Waals surface area (Å²) >= 11 is 0. The van der Waals surface area contributed by atoms with E-state index in [0.717, 1.165) is 36.8 Å². The number of anilines is 1. The van der Waals surface area contributed by atoms with Crippen molar-refractivity contribution in [1.82, 2.24) is 0 Å². The van der Waals surface area contributed by atoms with Crippen LogP contribution in [0.3, 0.4) is 0 Å². The molecule has 2 heterocycles. The number of amides is 1. The number of aromatic hydroxyl groups is 1. The number of allylic oxidation sites excluding steroid dienone is 1. The molecule has 5 N–H and O–H groups in total. The van der Waals surface area contributed by atoms with Crippen molar-refractivity contribution in [2.75, 3.05) is 11.4 Å². The van der Waals surface area contributed by atoms with Gasteiger partial charge in [0, 0.05) is 36.1 Å². The molecule has 5 aliphatic carbocycles. The van der Waals surface area contributed by atoms with Gasteiger partial charge in [0.1, 0.15) is 11.9 Å². The lowest BCUT2D eigenvalue weighted by Crippen LogP contribution is -2.63. The summed E-state index contributed by atoms with van der Waals surface area (Å²) in [5.41, 5.74) is -1.65. The molecular weight excluding hydrogens is 658 g/mol. The fraction of sp³-hybridized carbons (Fsp3) is 0.767. The predicted molar refractivity (Wildman–Crippen MR) is 196 cm³/mol. The van der Waals surface area contributed by atoms with Crippen LogP contribution in [0.4, 0.5) is 5.69 Å². The van der Waals surface area contributed by atoms with Gasteiger partial charge in [0.05, 0.1) is 29.5 Å². The third-order valence-electron chi connectivity index (χ3n) is 16.3. The second kappa shape index (κ2) is 12.4. The highest BCUT2D eigenvalue weighted by Gasteiger charge is 2.72. The van der Waals surface area contributed by atoms with E-state index in [1.165, 1.54) is 0 Å². The van der Waals surface area contributed by atoms with Crippen LogP contribution in [0.5, 0.6) is 5.75 Å². The number of carbonyl (C=O) groups is 2. The number of ether oxygens (including phenoxy) is 1. The molecule has 12 atom stereocenters. The number of aryl methyl sites for hydroxylation is 1. The third-order valence-corrected chi connectivity index (χ3v) is 16.3. The zero-order valence-corrected chi connectivity index (χ0v) is 31.8. The summed E-state index contributed by atoms with van der Waals surface area (Å²) in [5.74, 6) is -0.116. The molecular formula is C43H61NO8. The van der Waals surface area contributed by atoms with Gasteiger partial charge in [0.2, 0.25) is 5.91 Å². The van der Waals surface area contributed by atoms with Gasteiger partial charge < -0.3 is 35.2 Å². The van der Waals surface area contributed by atoms with E-state index in [2.05, 4.69) is 27.7 Å². The van der Waals surface area contributed by atoms with Crippen LogP contribution in [0.2, 0.25) is 0 Å². The van der Waals surface area contributed by atoms with E-state index in [0.29, 0.717) is 69.5 Å². The molecule has 7 aliphatic rings. The number of hydrogen-bond acceptors (Lipinski definition) is 8. The maximum atomic E-state index is 13.9. The van der Waals surface area contributed by atoms with Crippen LogP contribution in [0.1, 0.15) is 117 Å². The van der Waals surface area contributed by atoms with E-state index in [9.17, 15) is 35.1 Å². The average molecular weight is 720 g/mol. The monoisotopic (exact) mass is 719 g/mol. The Morgan fingerprint density at radius 2 is 1.73 bits per heavy atom. The molecule has 2 aliphatic heterocycles. The molecule has 8 rings (SSSR count). The number of aliphatic hydroxyl groups excluding tert-OH is 2. The largest absolute Gasteiger partial charge is 0.508 e. The topological polar surface area (TPSA) is 151 Å². The van der Waals surface area contributed by atoms with Crippen LogP contribution in [-0.2, 0) is 20.7 Å². The van der Waals surface area contributed by atoms with E-state index in [1.807, 2.05) is 17.9 Å². The molecule has 1 aromatic rings. The number of rotatable bonds is 8. The van der Waals surface area contributed by atoms with E-state index in [1.54, 1.807) is 18.2 Å². The van der Waals surface area contributed by atoms with Crippen molar-refractivity contribution < 1.29 is 39.9 Å². The third kappa shape index (κ3) is 5.41. The number of aliphatic hydroxyl groups is 4. The van der Waals surface area contributed by atoms with Gasteiger partial charge in [-0.1, -0.05) is 40.5 Å². The number of nitrogens with zero attached hydrogens (tertiary/aromatic N) is 1. The van der Waals surface area contributed by atoms with Crippen LogP contribution in [-0.4, -0.2) is 79.4 Å². The van der Waals surface area contributed by atoms with Gasteiger partial charge in [-0.3, -0.25) is 9.59 Å². The molecule has 9 nitrogen and oxygen atoms in total. The normalized spacial score (nSPS) is 42.5. The highest BCUT2D eigenvalue weighted by molar-refractivity contribution is 5.97.